The Morgan fingerprint density at radius 3 is 2.81 bits per heavy atom. The minimum Gasteiger partial charge on any atom is -0.399 e. The van der Waals surface area contributed by atoms with Gasteiger partial charge >= 0.3 is 0 Å². The van der Waals surface area contributed by atoms with Gasteiger partial charge in [-0.1, -0.05) is 6.92 Å². The summed E-state index contributed by atoms with van der Waals surface area (Å²) in [5.74, 6) is 0.829. The molecule has 1 saturated heterocycles. The van der Waals surface area contributed by atoms with Gasteiger partial charge in [-0.2, -0.15) is 11.8 Å². The number of anilines is 2. The number of benzene rings is 1. The van der Waals surface area contributed by atoms with Gasteiger partial charge in [0.05, 0.1) is 0 Å². The summed E-state index contributed by atoms with van der Waals surface area (Å²) in [5, 5.41) is 0.568. The number of thioether (sulfide) groups is 1. The van der Waals surface area contributed by atoms with Gasteiger partial charge in [-0.25, -0.2) is 4.39 Å². The molecule has 0 aliphatic carbocycles. The van der Waals surface area contributed by atoms with E-state index < -0.39 is 0 Å². The van der Waals surface area contributed by atoms with Gasteiger partial charge in [0.15, 0.2) is 0 Å². The van der Waals surface area contributed by atoms with Crippen molar-refractivity contribution in [2.75, 3.05) is 22.9 Å². The SMILES string of the molecule is CC1SCCN(c2cc(N)cc(F)c2)C1C. The van der Waals surface area contributed by atoms with E-state index in [0.29, 0.717) is 17.0 Å². The maximum absolute atomic E-state index is 13.3. The van der Waals surface area contributed by atoms with Gasteiger partial charge in [0.1, 0.15) is 5.82 Å². The highest BCUT2D eigenvalue weighted by atomic mass is 32.2. The number of hydrogen-bond acceptors (Lipinski definition) is 3. The first-order chi connectivity index (χ1) is 7.58. The fourth-order valence-electron chi connectivity index (χ4n) is 2.06. The summed E-state index contributed by atoms with van der Waals surface area (Å²) in [6.07, 6.45) is 0. The van der Waals surface area contributed by atoms with Crippen LogP contribution in [0.15, 0.2) is 18.2 Å². The Hall–Kier alpha value is -0.900. The van der Waals surface area contributed by atoms with E-state index in [1.54, 1.807) is 6.07 Å². The Morgan fingerprint density at radius 1 is 1.38 bits per heavy atom. The molecule has 1 aliphatic rings. The molecular formula is C12H17FN2S. The monoisotopic (exact) mass is 240 g/mol. The molecule has 0 saturated carbocycles. The first-order valence-corrected chi connectivity index (χ1v) is 6.57. The van der Waals surface area contributed by atoms with Crippen molar-refractivity contribution in [1.82, 2.24) is 0 Å². The Balaban J connectivity index is 2.28. The summed E-state index contributed by atoms with van der Waals surface area (Å²) in [5.41, 5.74) is 7.07. The molecule has 2 N–H and O–H groups in total. The topological polar surface area (TPSA) is 29.3 Å². The van der Waals surface area contributed by atoms with Gasteiger partial charge < -0.3 is 10.6 Å². The Labute approximate surface area is 100 Å². The molecule has 2 nitrogen and oxygen atoms in total. The van der Waals surface area contributed by atoms with Crippen molar-refractivity contribution in [3.8, 4) is 0 Å². The fourth-order valence-corrected chi connectivity index (χ4v) is 3.16. The number of hydrogen-bond donors (Lipinski definition) is 1. The van der Waals surface area contributed by atoms with Crippen molar-refractivity contribution >= 4 is 23.1 Å². The van der Waals surface area contributed by atoms with Gasteiger partial charge in [-0.3, -0.25) is 0 Å². The molecule has 0 aromatic heterocycles. The number of halogens is 1. The minimum atomic E-state index is -0.256. The molecule has 1 heterocycles. The van der Waals surface area contributed by atoms with E-state index in [1.165, 1.54) is 6.07 Å². The maximum atomic E-state index is 13.3. The van der Waals surface area contributed by atoms with Gasteiger partial charge in [-0.15, -0.1) is 0 Å². The van der Waals surface area contributed by atoms with Crippen LogP contribution in [0.25, 0.3) is 0 Å². The molecule has 0 amide bonds. The summed E-state index contributed by atoms with van der Waals surface area (Å²) < 4.78 is 13.3. The van der Waals surface area contributed by atoms with Crippen LogP contribution in [0.4, 0.5) is 15.8 Å². The third kappa shape index (κ3) is 2.26. The number of nitrogens with zero attached hydrogens (tertiary/aromatic N) is 1. The lowest BCUT2D eigenvalue weighted by Crippen LogP contribution is -2.44. The van der Waals surface area contributed by atoms with Crippen LogP contribution in [0, 0.1) is 5.82 Å². The predicted octanol–water partition coefficient (Wildman–Crippen LogP) is 2.74. The lowest BCUT2D eigenvalue weighted by Gasteiger charge is -2.39. The molecule has 2 unspecified atom stereocenters. The van der Waals surface area contributed by atoms with E-state index in [2.05, 4.69) is 18.7 Å². The third-order valence-corrected chi connectivity index (χ3v) is 4.46. The maximum Gasteiger partial charge on any atom is 0.127 e. The quantitative estimate of drug-likeness (QED) is 0.765. The van der Waals surface area contributed by atoms with Crippen LogP contribution in [-0.4, -0.2) is 23.6 Å². The predicted molar refractivity (Wildman–Crippen MR) is 69.5 cm³/mol. The number of rotatable bonds is 1. The highest BCUT2D eigenvalue weighted by molar-refractivity contribution is 8.00. The first kappa shape index (κ1) is 11.6. The standard InChI is InChI=1S/C12H17FN2S/c1-8-9(2)16-4-3-15(8)12-6-10(13)5-11(14)7-12/h5-9H,3-4,14H2,1-2H3. The zero-order valence-electron chi connectivity index (χ0n) is 9.61. The van der Waals surface area contributed by atoms with Crippen LogP contribution in [0.2, 0.25) is 0 Å². The summed E-state index contributed by atoms with van der Waals surface area (Å²) in [4.78, 5) is 2.24. The lowest BCUT2D eigenvalue weighted by atomic mass is 10.1. The van der Waals surface area contributed by atoms with E-state index in [9.17, 15) is 4.39 Å². The highest BCUT2D eigenvalue weighted by Gasteiger charge is 2.25. The normalized spacial score (nSPS) is 25.8. The molecule has 0 radical (unpaired) electrons. The van der Waals surface area contributed by atoms with E-state index in [-0.39, 0.29) is 5.82 Å². The van der Waals surface area contributed by atoms with Crippen molar-refractivity contribution in [2.24, 2.45) is 0 Å². The second-order valence-corrected chi connectivity index (χ2v) is 5.74. The molecule has 1 aromatic carbocycles. The zero-order chi connectivity index (χ0) is 11.7. The van der Waals surface area contributed by atoms with E-state index in [0.717, 1.165) is 18.0 Å². The lowest BCUT2D eigenvalue weighted by molar-refractivity contribution is 0.611. The van der Waals surface area contributed by atoms with Gasteiger partial charge in [0.25, 0.3) is 0 Å². The van der Waals surface area contributed by atoms with Crippen molar-refractivity contribution in [3.05, 3.63) is 24.0 Å². The van der Waals surface area contributed by atoms with E-state index in [1.807, 2.05) is 17.8 Å². The molecule has 2 atom stereocenters. The molecule has 1 fully saturated rings. The fraction of sp³-hybridized carbons (Fsp3) is 0.500. The van der Waals surface area contributed by atoms with Gasteiger partial charge in [0, 0.05) is 35.0 Å². The van der Waals surface area contributed by atoms with Crippen molar-refractivity contribution < 1.29 is 4.39 Å². The Kier molecular flexibility index (Phi) is 3.28. The largest absolute Gasteiger partial charge is 0.399 e. The Bertz CT molecular complexity index is 363. The molecular weight excluding hydrogens is 223 g/mol. The van der Waals surface area contributed by atoms with Gasteiger partial charge in [0.2, 0.25) is 0 Å². The third-order valence-electron chi connectivity index (χ3n) is 3.12. The highest BCUT2D eigenvalue weighted by Crippen LogP contribution is 2.30. The molecule has 16 heavy (non-hydrogen) atoms. The van der Waals surface area contributed by atoms with Crippen LogP contribution in [-0.2, 0) is 0 Å². The van der Waals surface area contributed by atoms with E-state index in [4.69, 9.17) is 5.73 Å². The zero-order valence-corrected chi connectivity index (χ0v) is 10.4. The molecule has 4 heteroatoms. The Morgan fingerprint density at radius 2 is 2.12 bits per heavy atom. The van der Waals surface area contributed by atoms with Crippen molar-refractivity contribution in [3.63, 3.8) is 0 Å². The van der Waals surface area contributed by atoms with Crippen LogP contribution < -0.4 is 10.6 Å². The van der Waals surface area contributed by atoms with Crippen molar-refractivity contribution in [2.45, 2.75) is 25.1 Å². The van der Waals surface area contributed by atoms with Crippen LogP contribution in [0.1, 0.15) is 13.8 Å². The van der Waals surface area contributed by atoms with Crippen LogP contribution >= 0.6 is 11.8 Å². The molecule has 1 aliphatic heterocycles. The minimum absolute atomic E-state index is 0.256. The number of nitrogens with two attached hydrogens (primary N) is 1. The van der Waals surface area contributed by atoms with Crippen LogP contribution in [0.5, 0.6) is 0 Å². The first-order valence-electron chi connectivity index (χ1n) is 5.52. The molecule has 0 spiro atoms. The summed E-state index contributed by atoms with van der Waals surface area (Å²) in [7, 11) is 0. The smallest absolute Gasteiger partial charge is 0.127 e. The summed E-state index contributed by atoms with van der Waals surface area (Å²) in [6.45, 7) is 5.35. The summed E-state index contributed by atoms with van der Waals surface area (Å²) >= 11 is 1.97. The molecule has 2 rings (SSSR count). The summed E-state index contributed by atoms with van der Waals surface area (Å²) in [6, 6.07) is 5.19. The second kappa shape index (κ2) is 4.53. The number of nitrogen functional groups attached to an aromatic ring is 1. The van der Waals surface area contributed by atoms with Crippen LogP contribution in [0.3, 0.4) is 0 Å². The molecule has 88 valence electrons. The average Bonchev–Trinajstić information content (AvgIpc) is 2.20. The van der Waals surface area contributed by atoms with E-state index >= 15 is 0 Å². The van der Waals surface area contributed by atoms with Gasteiger partial charge in [-0.05, 0) is 25.1 Å². The molecule has 0 bridgehead atoms. The molecule has 1 aromatic rings. The average molecular weight is 240 g/mol. The second-order valence-electron chi connectivity index (χ2n) is 4.25. The van der Waals surface area contributed by atoms with Crippen molar-refractivity contribution in [1.29, 1.82) is 0 Å².